The first-order valence-corrected chi connectivity index (χ1v) is 6.31. The Morgan fingerprint density at radius 2 is 2.23 bits per heavy atom. The fourth-order valence-electron chi connectivity index (χ4n) is 1.22. The predicted octanol–water partition coefficient (Wildman–Crippen LogP) is -0.0830. The molecule has 0 bridgehead atoms. The van der Waals surface area contributed by atoms with Crippen LogP contribution in [-0.2, 0) is 14.6 Å². The summed E-state index contributed by atoms with van der Waals surface area (Å²) in [5.41, 5.74) is 0. The van der Waals surface area contributed by atoms with Gasteiger partial charge in [-0.25, -0.2) is 8.42 Å². The standard InChI is InChI=1S/C7H12ClNO3S/c1-5(8)7(10)9-6-2-3-13(11,12)4-6/h5-6H,2-4H2,1H3,(H,9,10). The van der Waals surface area contributed by atoms with E-state index in [0.29, 0.717) is 6.42 Å². The first-order valence-electron chi connectivity index (χ1n) is 4.05. The van der Waals surface area contributed by atoms with E-state index in [1.807, 2.05) is 0 Å². The topological polar surface area (TPSA) is 63.2 Å². The van der Waals surface area contributed by atoms with Gasteiger partial charge in [-0.05, 0) is 13.3 Å². The molecule has 4 nitrogen and oxygen atoms in total. The molecule has 1 aliphatic heterocycles. The summed E-state index contributed by atoms with van der Waals surface area (Å²) in [7, 11) is -2.92. The van der Waals surface area contributed by atoms with Crippen molar-refractivity contribution < 1.29 is 13.2 Å². The summed E-state index contributed by atoms with van der Waals surface area (Å²) in [5, 5.41) is 1.98. The summed E-state index contributed by atoms with van der Waals surface area (Å²) in [4.78, 5) is 11.1. The molecule has 76 valence electrons. The monoisotopic (exact) mass is 225 g/mol. The minimum absolute atomic E-state index is 0.0440. The van der Waals surface area contributed by atoms with E-state index in [-0.39, 0.29) is 23.5 Å². The molecule has 13 heavy (non-hydrogen) atoms. The lowest BCUT2D eigenvalue weighted by atomic mass is 10.2. The van der Waals surface area contributed by atoms with Crippen LogP contribution in [0.5, 0.6) is 0 Å². The molecule has 1 saturated heterocycles. The fourth-order valence-corrected chi connectivity index (χ4v) is 2.96. The zero-order valence-electron chi connectivity index (χ0n) is 7.29. The number of halogens is 1. The van der Waals surface area contributed by atoms with Crippen LogP contribution in [0.1, 0.15) is 13.3 Å². The van der Waals surface area contributed by atoms with Gasteiger partial charge < -0.3 is 5.32 Å². The molecule has 0 aliphatic carbocycles. The Morgan fingerprint density at radius 1 is 1.62 bits per heavy atom. The van der Waals surface area contributed by atoms with E-state index in [2.05, 4.69) is 5.32 Å². The Hall–Kier alpha value is -0.290. The Morgan fingerprint density at radius 3 is 2.62 bits per heavy atom. The molecule has 0 aromatic heterocycles. The maximum absolute atomic E-state index is 11.1. The third-order valence-corrected chi connectivity index (χ3v) is 3.91. The number of hydrogen-bond acceptors (Lipinski definition) is 3. The molecule has 2 unspecified atom stereocenters. The zero-order valence-corrected chi connectivity index (χ0v) is 8.86. The Bertz CT molecular complexity index is 299. The van der Waals surface area contributed by atoms with Crippen LogP contribution in [-0.4, -0.2) is 37.2 Å². The molecule has 1 N–H and O–H groups in total. The Kier molecular flexibility index (Phi) is 3.18. The van der Waals surface area contributed by atoms with Gasteiger partial charge in [-0.15, -0.1) is 11.6 Å². The number of nitrogens with one attached hydrogen (secondary N) is 1. The van der Waals surface area contributed by atoms with Crippen LogP contribution in [0.3, 0.4) is 0 Å². The average molecular weight is 226 g/mol. The van der Waals surface area contributed by atoms with Crippen molar-refractivity contribution >= 4 is 27.3 Å². The SMILES string of the molecule is CC(Cl)C(=O)NC1CCS(=O)(=O)C1. The maximum Gasteiger partial charge on any atom is 0.238 e. The lowest BCUT2D eigenvalue weighted by Crippen LogP contribution is -2.39. The van der Waals surface area contributed by atoms with Crippen molar-refractivity contribution in [2.24, 2.45) is 0 Å². The molecule has 0 radical (unpaired) electrons. The maximum atomic E-state index is 11.1. The third-order valence-electron chi connectivity index (χ3n) is 1.94. The van der Waals surface area contributed by atoms with Gasteiger partial charge in [-0.3, -0.25) is 4.79 Å². The van der Waals surface area contributed by atoms with Gasteiger partial charge in [0.15, 0.2) is 9.84 Å². The van der Waals surface area contributed by atoms with E-state index in [1.54, 1.807) is 6.92 Å². The van der Waals surface area contributed by atoms with E-state index in [4.69, 9.17) is 11.6 Å². The number of rotatable bonds is 2. The molecule has 0 aromatic rings. The smallest absolute Gasteiger partial charge is 0.238 e. The molecule has 1 rings (SSSR count). The molecular weight excluding hydrogens is 214 g/mol. The highest BCUT2D eigenvalue weighted by molar-refractivity contribution is 7.91. The van der Waals surface area contributed by atoms with E-state index >= 15 is 0 Å². The van der Waals surface area contributed by atoms with Crippen LogP contribution in [0.25, 0.3) is 0 Å². The second kappa shape index (κ2) is 3.84. The highest BCUT2D eigenvalue weighted by atomic mass is 35.5. The first kappa shape index (κ1) is 10.8. The minimum atomic E-state index is -2.92. The molecule has 1 heterocycles. The lowest BCUT2D eigenvalue weighted by Gasteiger charge is -2.11. The van der Waals surface area contributed by atoms with Gasteiger partial charge in [0.25, 0.3) is 0 Å². The average Bonchev–Trinajstić information content (AvgIpc) is 2.30. The molecule has 6 heteroatoms. The molecule has 0 saturated carbocycles. The van der Waals surface area contributed by atoms with E-state index in [9.17, 15) is 13.2 Å². The van der Waals surface area contributed by atoms with Crippen LogP contribution in [0, 0.1) is 0 Å². The molecular formula is C7H12ClNO3S. The highest BCUT2D eigenvalue weighted by Gasteiger charge is 2.29. The van der Waals surface area contributed by atoms with Crippen LogP contribution >= 0.6 is 11.6 Å². The summed E-state index contributed by atoms with van der Waals surface area (Å²) in [6, 6.07) is -0.251. The number of hydrogen-bond donors (Lipinski definition) is 1. The predicted molar refractivity (Wildman–Crippen MR) is 50.5 cm³/mol. The van der Waals surface area contributed by atoms with Crippen LogP contribution in [0.2, 0.25) is 0 Å². The number of sulfone groups is 1. The summed E-state index contributed by atoms with van der Waals surface area (Å²) in [6.07, 6.45) is 0.498. The van der Waals surface area contributed by atoms with Crippen molar-refractivity contribution in [3.8, 4) is 0 Å². The van der Waals surface area contributed by atoms with E-state index < -0.39 is 15.2 Å². The van der Waals surface area contributed by atoms with Crippen molar-refractivity contribution in [2.75, 3.05) is 11.5 Å². The van der Waals surface area contributed by atoms with E-state index in [1.165, 1.54) is 0 Å². The second-order valence-corrected chi connectivity index (χ2v) is 6.11. The molecule has 1 aliphatic rings. The van der Waals surface area contributed by atoms with E-state index in [0.717, 1.165) is 0 Å². The highest BCUT2D eigenvalue weighted by Crippen LogP contribution is 2.11. The third kappa shape index (κ3) is 3.15. The normalized spacial score (nSPS) is 28.3. The quantitative estimate of drug-likeness (QED) is 0.669. The van der Waals surface area contributed by atoms with Crippen LogP contribution in [0.15, 0.2) is 0 Å². The molecule has 1 amide bonds. The van der Waals surface area contributed by atoms with Gasteiger partial charge in [-0.1, -0.05) is 0 Å². The number of alkyl halides is 1. The Labute approximate surface area is 82.6 Å². The minimum Gasteiger partial charge on any atom is -0.351 e. The van der Waals surface area contributed by atoms with Crippen molar-refractivity contribution in [3.05, 3.63) is 0 Å². The summed E-state index contributed by atoms with van der Waals surface area (Å²) >= 11 is 5.52. The van der Waals surface area contributed by atoms with Gasteiger partial charge in [0.05, 0.1) is 11.5 Å². The fraction of sp³-hybridized carbons (Fsp3) is 0.857. The molecule has 1 fully saturated rings. The van der Waals surface area contributed by atoms with Crippen molar-refractivity contribution in [2.45, 2.75) is 24.8 Å². The lowest BCUT2D eigenvalue weighted by molar-refractivity contribution is -0.121. The number of carbonyl (C=O) groups excluding carboxylic acids is 1. The molecule has 2 atom stereocenters. The van der Waals surface area contributed by atoms with Gasteiger partial charge in [0, 0.05) is 6.04 Å². The largest absolute Gasteiger partial charge is 0.351 e. The van der Waals surface area contributed by atoms with Crippen molar-refractivity contribution in [1.82, 2.24) is 5.32 Å². The van der Waals surface area contributed by atoms with Gasteiger partial charge in [0.2, 0.25) is 5.91 Å². The van der Waals surface area contributed by atoms with Gasteiger partial charge in [-0.2, -0.15) is 0 Å². The summed E-state index contributed by atoms with van der Waals surface area (Å²) in [5.74, 6) is -0.0967. The second-order valence-electron chi connectivity index (χ2n) is 3.22. The van der Waals surface area contributed by atoms with Gasteiger partial charge in [0.1, 0.15) is 5.38 Å². The summed E-state index contributed by atoms with van der Waals surface area (Å²) in [6.45, 7) is 1.56. The zero-order chi connectivity index (χ0) is 10.1. The number of amides is 1. The Balaban J connectivity index is 2.46. The van der Waals surface area contributed by atoms with Crippen molar-refractivity contribution in [3.63, 3.8) is 0 Å². The van der Waals surface area contributed by atoms with Crippen LogP contribution in [0.4, 0.5) is 0 Å². The van der Waals surface area contributed by atoms with Crippen LogP contribution < -0.4 is 5.32 Å². The number of carbonyl (C=O) groups is 1. The van der Waals surface area contributed by atoms with Gasteiger partial charge >= 0.3 is 0 Å². The molecule has 0 aromatic carbocycles. The first-order chi connectivity index (χ1) is 5.91. The summed E-state index contributed by atoms with van der Waals surface area (Å²) < 4.78 is 22.0. The van der Waals surface area contributed by atoms with Crippen molar-refractivity contribution in [1.29, 1.82) is 0 Å². The molecule has 0 spiro atoms.